The van der Waals surface area contributed by atoms with Gasteiger partial charge in [-0.3, -0.25) is 14.5 Å². The van der Waals surface area contributed by atoms with Gasteiger partial charge >= 0.3 is 0 Å². The summed E-state index contributed by atoms with van der Waals surface area (Å²) < 4.78 is 5.16. The number of phenols is 1. The molecule has 1 aliphatic rings. The van der Waals surface area contributed by atoms with Gasteiger partial charge in [0.05, 0.1) is 34.5 Å². The standard InChI is InChI=1S/C26H21Cl2NO5/c1-13-5-4-6-15(9-13)22-21(23(31)16-11-17(27)25(34-3)18(28)12-16)24(32)26(33)29(22)19-10-14(2)7-8-20(19)30/h4-12,22,30-31H,1-3H3/b23-21+. The van der Waals surface area contributed by atoms with E-state index >= 15 is 0 Å². The molecular formula is C26H21Cl2NO5. The van der Waals surface area contributed by atoms with Crippen molar-refractivity contribution in [2.75, 3.05) is 12.0 Å². The predicted octanol–water partition coefficient (Wildman–Crippen LogP) is 5.95. The molecule has 3 aromatic carbocycles. The molecule has 6 nitrogen and oxygen atoms in total. The van der Waals surface area contributed by atoms with Crippen LogP contribution in [0.2, 0.25) is 10.0 Å². The molecule has 0 bridgehead atoms. The van der Waals surface area contributed by atoms with Gasteiger partial charge in [-0.2, -0.15) is 0 Å². The summed E-state index contributed by atoms with van der Waals surface area (Å²) in [6.07, 6.45) is 0. The fourth-order valence-electron chi connectivity index (χ4n) is 4.11. The van der Waals surface area contributed by atoms with E-state index in [2.05, 4.69) is 0 Å². The number of benzene rings is 3. The van der Waals surface area contributed by atoms with Gasteiger partial charge in [0.15, 0.2) is 5.75 Å². The fourth-order valence-corrected chi connectivity index (χ4v) is 4.75. The molecule has 0 radical (unpaired) electrons. The van der Waals surface area contributed by atoms with E-state index in [9.17, 15) is 19.8 Å². The van der Waals surface area contributed by atoms with Gasteiger partial charge in [0, 0.05) is 5.56 Å². The van der Waals surface area contributed by atoms with Gasteiger partial charge < -0.3 is 14.9 Å². The van der Waals surface area contributed by atoms with Crippen LogP contribution in [0.4, 0.5) is 5.69 Å². The summed E-state index contributed by atoms with van der Waals surface area (Å²) in [5.41, 5.74) is 2.44. The SMILES string of the molecule is COc1c(Cl)cc(/C(O)=C2\C(=O)C(=O)N(c3cc(C)ccc3O)C2c2cccc(C)c2)cc1Cl. The number of aliphatic hydroxyl groups is 1. The molecule has 4 rings (SSSR count). The van der Waals surface area contributed by atoms with Crippen LogP contribution in [-0.2, 0) is 9.59 Å². The number of phenolic OH excluding ortho intramolecular Hbond substituents is 1. The number of aliphatic hydroxyl groups excluding tert-OH is 1. The molecule has 34 heavy (non-hydrogen) atoms. The van der Waals surface area contributed by atoms with Crippen LogP contribution >= 0.6 is 23.2 Å². The molecule has 8 heteroatoms. The van der Waals surface area contributed by atoms with Crippen LogP contribution in [0, 0.1) is 13.8 Å². The summed E-state index contributed by atoms with van der Waals surface area (Å²) in [6, 6.07) is 13.8. The lowest BCUT2D eigenvalue weighted by atomic mass is 9.94. The summed E-state index contributed by atoms with van der Waals surface area (Å²) in [5, 5.41) is 22.1. The third kappa shape index (κ3) is 4.00. The maximum atomic E-state index is 13.3. The monoisotopic (exact) mass is 497 g/mol. The molecule has 3 aromatic rings. The maximum Gasteiger partial charge on any atom is 0.300 e. The van der Waals surface area contributed by atoms with E-state index < -0.39 is 23.5 Å². The van der Waals surface area contributed by atoms with Gasteiger partial charge in [0.2, 0.25) is 0 Å². The summed E-state index contributed by atoms with van der Waals surface area (Å²) >= 11 is 12.5. The number of Topliss-reactive ketones (excluding diaryl/α,β-unsaturated/α-hetero) is 1. The zero-order valence-electron chi connectivity index (χ0n) is 18.6. The Morgan fingerprint density at radius 1 is 0.971 bits per heavy atom. The Hall–Kier alpha value is -3.48. The quantitative estimate of drug-likeness (QED) is 0.264. The number of methoxy groups -OCH3 is 1. The first-order valence-corrected chi connectivity index (χ1v) is 11.1. The highest BCUT2D eigenvalue weighted by Crippen LogP contribution is 2.46. The second kappa shape index (κ2) is 9.05. The van der Waals surface area contributed by atoms with E-state index in [1.807, 2.05) is 26.0 Å². The molecule has 1 saturated heterocycles. The van der Waals surface area contributed by atoms with Crippen molar-refractivity contribution < 1.29 is 24.5 Å². The number of ketones is 1. The topological polar surface area (TPSA) is 87.1 Å². The highest BCUT2D eigenvalue weighted by Gasteiger charge is 2.47. The average Bonchev–Trinajstić information content (AvgIpc) is 3.05. The Kier molecular flexibility index (Phi) is 6.30. The first kappa shape index (κ1) is 23.7. The Labute approximate surface area is 206 Å². The largest absolute Gasteiger partial charge is 0.507 e. The number of ether oxygens (including phenoxy) is 1. The number of carbonyl (C=O) groups excluding carboxylic acids is 2. The molecule has 1 atom stereocenters. The zero-order chi connectivity index (χ0) is 24.7. The number of aryl methyl sites for hydroxylation is 2. The number of hydrogen-bond donors (Lipinski definition) is 2. The van der Waals surface area contributed by atoms with Crippen molar-refractivity contribution in [1.82, 2.24) is 0 Å². The van der Waals surface area contributed by atoms with E-state index in [0.717, 1.165) is 11.1 Å². The second-order valence-electron chi connectivity index (χ2n) is 8.05. The predicted molar refractivity (Wildman–Crippen MR) is 132 cm³/mol. The number of rotatable bonds is 4. The van der Waals surface area contributed by atoms with Crippen LogP contribution in [0.25, 0.3) is 5.76 Å². The van der Waals surface area contributed by atoms with Gasteiger partial charge in [-0.25, -0.2) is 0 Å². The first-order valence-electron chi connectivity index (χ1n) is 10.3. The van der Waals surface area contributed by atoms with Crippen molar-refractivity contribution in [3.63, 3.8) is 0 Å². The molecule has 1 aliphatic heterocycles. The Balaban J connectivity index is 2.00. The Morgan fingerprint density at radius 2 is 1.62 bits per heavy atom. The fraction of sp³-hybridized carbons (Fsp3) is 0.154. The van der Waals surface area contributed by atoms with E-state index in [0.29, 0.717) is 5.56 Å². The summed E-state index contributed by atoms with van der Waals surface area (Å²) in [4.78, 5) is 27.8. The minimum absolute atomic E-state index is 0.134. The highest BCUT2D eigenvalue weighted by molar-refractivity contribution is 6.52. The van der Waals surface area contributed by atoms with E-state index in [4.69, 9.17) is 27.9 Å². The van der Waals surface area contributed by atoms with Crippen molar-refractivity contribution in [3.8, 4) is 11.5 Å². The number of amides is 1. The third-order valence-electron chi connectivity index (χ3n) is 5.67. The molecule has 1 fully saturated rings. The van der Waals surface area contributed by atoms with Crippen LogP contribution in [-0.4, -0.2) is 29.0 Å². The van der Waals surface area contributed by atoms with Gasteiger partial charge in [-0.1, -0.05) is 59.1 Å². The number of carbonyl (C=O) groups is 2. The molecule has 2 N–H and O–H groups in total. The Morgan fingerprint density at radius 3 is 2.24 bits per heavy atom. The molecule has 1 unspecified atom stereocenters. The number of nitrogens with zero attached hydrogens (tertiary/aromatic N) is 1. The second-order valence-corrected chi connectivity index (χ2v) is 8.86. The summed E-state index contributed by atoms with van der Waals surface area (Å²) in [7, 11) is 1.41. The molecular weight excluding hydrogens is 477 g/mol. The van der Waals surface area contributed by atoms with Gasteiger partial charge in [-0.15, -0.1) is 0 Å². The molecule has 0 saturated carbocycles. The van der Waals surface area contributed by atoms with Gasteiger partial charge in [0.1, 0.15) is 11.5 Å². The smallest absolute Gasteiger partial charge is 0.300 e. The van der Waals surface area contributed by atoms with Crippen LogP contribution < -0.4 is 9.64 Å². The molecule has 0 aromatic heterocycles. The number of halogens is 2. The lowest BCUT2D eigenvalue weighted by Gasteiger charge is -2.26. The van der Waals surface area contributed by atoms with Crippen molar-refractivity contribution in [2.24, 2.45) is 0 Å². The van der Waals surface area contributed by atoms with E-state index in [1.54, 1.807) is 24.3 Å². The van der Waals surface area contributed by atoms with Crippen LogP contribution in [0.1, 0.15) is 28.3 Å². The number of hydrogen-bond acceptors (Lipinski definition) is 5. The maximum absolute atomic E-state index is 13.3. The first-order chi connectivity index (χ1) is 16.1. The molecule has 1 heterocycles. The minimum Gasteiger partial charge on any atom is -0.507 e. The third-order valence-corrected chi connectivity index (χ3v) is 6.23. The summed E-state index contributed by atoms with van der Waals surface area (Å²) in [5.74, 6) is -2.15. The lowest BCUT2D eigenvalue weighted by molar-refractivity contribution is -0.132. The number of aromatic hydroxyl groups is 1. The Bertz CT molecular complexity index is 1340. The van der Waals surface area contributed by atoms with Crippen molar-refractivity contribution in [2.45, 2.75) is 19.9 Å². The van der Waals surface area contributed by atoms with Gasteiger partial charge in [0.25, 0.3) is 11.7 Å². The number of anilines is 1. The normalized spacial score (nSPS) is 17.3. The molecule has 174 valence electrons. The van der Waals surface area contributed by atoms with Crippen LogP contribution in [0.3, 0.4) is 0 Å². The highest BCUT2D eigenvalue weighted by atomic mass is 35.5. The zero-order valence-corrected chi connectivity index (χ0v) is 20.1. The molecule has 0 spiro atoms. The minimum atomic E-state index is -0.993. The molecule has 1 amide bonds. The van der Waals surface area contributed by atoms with Crippen molar-refractivity contribution >= 4 is 46.3 Å². The van der Waals surface area contributed by atoms with E-state index in [-0.39, 0.29) is 38.4 Å². The van der Waals surface area contributed by atoms with Crippen LogP contribution in [0.15, 0.2) is 60.2 Å². The van der Waals surface area contributed by atoms with E-state index in [1.165, 1.54) is 30.2 Å². The van der Waals surface area contributed by atoms with Crippen LogP contribution in [0.5, 0.6) is 11.5 Å². The average molecular weight is 498 g/mol. The van der Waals surface area contributed by atoms with Gasteiger partial charge in [-0.05, 0) is 49.2 Å². The van der Waals surface area contributed by atoms with Crippen molar-refractivity contribution in [3.05, 3.63) is 92.5 Å². The van der Waals surface area contributed by atoms with Crippen molar-refractivity contribution in [1.29, 1.82) is 0 Å². The lowest BCUT2D eigenvalue weighted by Crippen LogP contribution is -2.29. The molecule has 0 aliphatic carbocycles. The summed E-state index contributed by atoms with van der Waals surface area (Å²) in [6.45, 7) is 3.69.